The number of primary sulfonamides is 1. The molecular weight excluding hydrogens is 418 g/mol. The number of rotatable bonds is 7. The second kappa shape index (κ2) is 8.76. The Balaban J connectivity index is 2.02. The van der Waals surface area contributed by atoms with E-state index in [1.165, 1.54) is 23.9 Å². The number of nitriles is 1. The highest BCUT2D eigenvalue weighted by molar-refractivity contribution is 7.98. The fourth-order valence-corrected chi connectivity index (χ4v) is 4.86. The van der Waals surface area contributed by atoms with Crippen molar-refractivity contribution < 1.29 is 8.42 Å². The summed E-state index contributed by atoms with van der Waals surface area (Å²) in [6.07, 6.45) is 2.00. The van der Waals surface area contributed by atoms with Crippen molar-refractivity contribution in [3.8, 4) is 6.07 Å². The zero-order valence-electron chi connectivity index (χ0n) is 17.6. The minimum Gasteiger partial charge on any atom is -0.327 e. The van der Waals surface area contributed by atoms with E-state index in [1.807, 2.05) is 20.8 Å². The summed E-state index contributed by atoms with van der Waals surface area (Å²) in [7, 11) is -3.79. The second-order valence-electron chi connectivity index (χ2n) is 7.26. The summed E-state index contributed by atoms with van der Waals surface area (Å²) in [5.74, 6) is 1.34. The third kappa shape index (κ3) is 4.36. The van der Waals surface area contributed by atoms with E-state index in [9.17, 15) is 13.7 Å². The molecule has 0 saturated carbocycles. The highest BCUT2D eigenvalue weighted by Gasteiger charge is 2.17. The Morgan fingerprint density at radius 2 is 1.93 bits per heavy atom. The van der Waals surface area contributed by atoms with Crippen molar-refractivity contribution in [3.05, 3.63) is 46.4 Å². The molecule has 7 nitrogen and oxygen atoms in total. The van der Waals surface area contributed by atoms with Gasteiger partial charge in [0.1, 0.15) is 16.9 Å². The first-order chi connectivity index (χ1) is 14.2. The summed E-state index contributed by atoms with van der Waals surface area (Å²) < 4.78 is 25.5. The lowest BCUT2D eigenvalue weighted by Crippen LogP contribution is -2.11. The number of aromatic nitrogens is 3. The molecule has 0 bridgehead atoms. The van der Waals surface area contributed by atoms with Crippen LogP contribution in [-0.4, -0.2) is 23.0 Å². The first-order valence-electron chi connectivity index (χ1n) is 9.70. The van der Waals surface area contributed by atoms with Gasteiger partial charge in [-0.2, -0.15) is 5.26 Å². The van der Waals surface area contributed by atoms with Crippen molar-refractivity contribution in [2.45, 2.75) is 62.8 Å². The van der Waals surface area contributed by atoms with Crippen molar-refractivity contribution in [2.24, 2.45) is 5.14 Å². The number of hydrogen-bond acceptors (Lipinski definition) is 6. The van der Waals surface area contributed by atoms with E-state index >= 15 is 0 Å². The molecule has 30 heavy (non-hydrogen) atoms. The first kappa shape index (κ1) is 22.3. The molecule has 9 heteroatoms. The monoisotopic (exact) mass is 443 g/mol. The number of pyridine rings is 1. The topological polar surface area (TPSA) is 115 Å². The number of benzene rings is 1. The number of nitrogens with zero attached hydrogens (tertiary/aromatic N) is 4. The van der Waals surface area contributed by atoms with Gasteiger partial charge in [-0.05, 0) is 56.5 Å². The molecule has 0 spiro atoms. The van der Waals surface area contributed by atoms with Gasteiger partial charge in [-0.3, -0.25) is 0 Å². The fraction of sp³-hybridized carbons (Fsp3) is 0.381. The molecular formula is C21H25N5O2S2. The molecule has 0 aliphatic heterocycles. The Morgan fingerprint density at radius 1 is 1.20 bits per heavy atom. The lowest BCUT2D eigenvalue weighted by molar-refractivity contribution is 0.598. The van der Waals surface area contributed by atoms with Crippen molar-refractivity contribution in [1.82, 2.24) is 14.5 Å². The Bertz CT molecular complexity index is 1260. The maximum atomic E-state index is 11.7. The van der Waals surface area contributed by atoms with Crippen LogP contribution >= 0.6 is 11.8 Å². The summed E-state index contributed by atoms with van der Waals surface area (Å²) in [5, 5.41) is 15.6. The van der Waals surface area contributed by atoms with Crippen LogP contribution in [0.4, 0.5) is 0 Å². The lowest BCUT2D eigenvalue weighted by Gasteiger charge is -2.12. The van der Waals surface area contributed by atoms with Gasteiger partial charge in [0.15, 0.2) is 0 Å². The van der Waals surface area contributed by atoms with Crippen LogP contribution in [0.3, 0.4) is 0 Å². The molecule has 2 N–H and O–H groups in total. The SMILES string of the molecule is CCCCn1c(CSc2nc(C)c(C)c(C)c2C#N)nc2cc(S(N)(=O)=O)ccc21. The molecule has 0 amide bonds. The number of imidazole rings is 1. The third-order valence-electron chi connectivity index (χ3n) is 5.28. The van der Waals surface area contributed by atoms with E-state index in [0.717, 1.165) is 47.5 Å². The average Bonchev–Trinajstić information content (AvgIpc) is 3.05. The van der Waals surface area contributed by atoms with Crippen LogP contribution in [0.25, 0.3) is 11.0 Å². The van der Waals surface area contributed by atoms with Gasteiger partial charge in [-0.1, -0.05) is 25.1 Å². The van der Waals surface area contributed by atoms with Gasteiger partial charge in [0, 0.05) is 12.2 Å². The van der Waals surface area contributed by atoms with Gasteiger partial charge in [0.05, 0.1) is 27.2 Å². The normalized spacial score (nSPS) is 11.7. The number of sulfonamides is 1. The molecule has 0 aliphatic rings. The van der Waals surface area contributed by atoms with Crippen LogP contribution in [-0.2, 0) is 22.3 Å². The zero-order chi connectivity index (χ0) is 22.1. The van der Waals surface area contributed by atoms with Gasteiger partial charge in [-0.15, -0.1) is 0 Å². The third-order valence-corrected chi connectivity index (χ3v) is 7.16. The molecule has 0 unspecified atom stereocenters. The van der Waals surface area contributed by atoms with E-state index in [-0.39, 0.29) is 4.90 Å². The number of thioether (sulfide) groups is 1. The molecule has 0 radical (unpaired) electrons. The van der Waals surface area contributed by atoms with E-state index in [4.69, 9.17) is 5.14 Å². The molecule has 1 aromatic carbocycles. The molecule has 0 aliphatic carbocycles. The summed E-state index contributed by atoms with van der Waals surface area (Å²) in [6.45, 7) is 8.76. The molecule has 3 rings (SSSR count). The molecule has 0 fully saturated rings. The van der Waals surface area contributed by atoms with Crippen LogP contribution in [0, 0.1) is 32.1 Å². The molecule has 3 aromatic rings. The molecule has 2 heterocycles. The Labute approximate surface area is 181 Å². The maximum absolute atomic E-state index is 11.7. The van der Waals surface area contributed by atoms with Crippen LogP contribution in [0.2, 0.25) is 0 Å². The standard InChI is InChI=1S/C21H25N5O2S2/c1-5-6-9-26-19-8-7-16(30(23,27)28)10-18(19)25-20(26)12-29-21-17(11-22)14(3)13(2)15(4)24-21/h7-8,10H,5-6,9,12H2,1-4H3,(H2,23,27,28). The van der Waals surface area contributed by atoms with E-state index in [1.54, 1.807) is 6.07 Å². The van der Waals surface area contributed by atoms with Crippen molar-refractivity contribution in [3.63, 3.8) is 0 Å². The summed E-state index contributed by atoms with van der Waals surface area (Å²) in [6, 6.07) is 7.06. The van der Waals surface area contributed by atoms with Gasteiger partial charge < -0.3 is 4.57 Å². The van der Waals surface area contributed by atoms with E-state index < -0.39 is 10.0 Å². The predicted molar refractivity (Wildman–Crippen MR) is 119 cm³/mol. The van der Waals surface area contributed by atoms with E-state index in [2.05, 4.69) is 27.5 Å². The molecule has 0 atom stereocenters. The fourth-order valence-electron chi connectivity index (χ4n) is 3.29. The van der Waals surface area contributed by atoms with Crippen LogP contribution in [0.1, 0.15) is 48.0 Å². The largest absolute Gasteiger partial charge is 0.327 e. The van der Waals surface area contributed by atoms with Crippen LogP contribution < -0.4 is 5.14 Å². The Morgan fingerprint density at radius 3 is 2.57 bits per heavy atom. The highest BCUT2D eigenvalue weighted by atomic mass is 32.2. The number of nitrogens with two attached hydrogens (primary N) is 1. The number of fused-ring (bicyclic) bond motifs is 1. The smallest absolute Gasteiger partial charge is 0.238 e. The van der Waals surface area contributed by atoms with Crippen molar-refractivity contribution >= 4 is 32.8 Å². The minimum absolute atomic E-state index is 0.0487. The zero-order valence-corrected chi connectivity index (χ0v) is 19.2. The molecule has 0 saturated heterocycles. The van der Waals surface area contributed by atoms with Crippen LogP contribution in [0.5, 0.6) is 0 Å². The Hall–Kier alpha value is -2.41. The van der Waals surface area contributed by atoms with Crippen LogP contribution in [0.15, 0.2) is 28.1 Å². The summed E-state index contributed by atoms with van der Waals surface area (Å²) in [4.78, 5) is 9.35. The highest BCUT2D eigenvalue weighted by Crippen LogP contribution is 2.30. The van der Waals surface area contributed by atoms with Gasteiger partial charge >= 0.3 is 0 Å². The number of hydrogen-bond donors (Lipinski definition) is 1. The van der Waals surface area contributed by atoms with E-state index in [0.29, 0.717) is 21.9 Å². The molecule has 2 aromatic heterocycles. The Kier molecular flexibility index (Phi) is 6.50. The van der Waals surface area contributed by atoms with Crippen molar-refractivity contribution in [2.75, 3.05) is 0 Å². The van der Waals surface area contributed by atoms with Gasteiger partial charge in [0.25, 0.3) is 0 Å². The summed E-state index contributed by atoms with van der Waals surface area (Å²) >= 11 is 1.47. The maximum Gasteiger partial charge on any atom is 0.238 e. The lowest BCUT2D eigenvalue weighted by atomic mass is 10.1. The minimum atomic E-state index is -3.79. The van der Waals surface area contributed by atoms with Gasteiger partial charge in [-0.25, -0.2) is 23.5 Å². The average molecular weight is 444 g/mol. The number of unbranched alkanes of at least 4 members (excludes halogenated alkanes) is 1. The quantitative estimate of drug-likeness (QED) is 0.553. The first-order valence-corrected chi connectivity index (χ1v) is 12.2. The summed E-state index contributed by atoms with van der Waals surface area (Å²) in [5.41, 5.74) is 4.95. The number of aryl methyl sites for hydroxylation is 2. The van der Waals surface area contributed by atoms with Crippen molar-refractivity contribution in [1.29, 1.82) is 5.26 Å². The molecule has 158 valence electrons. The second-order valence-corrected chi connectivity index (χ2v) is 9.78. The van der Waals surface area contributed by atoms with Gasteiger partial charge in [0.2, 0.25) is 10.0 Å². The predicted octanol–water partition coefficient (Wildman–Crippen LogP) is 3.97.